The summed E-state index contributed by atoms with van der Waals surface area (Å²) in [6.45, 7) is 2.07. The van der Waals surface area contributed by atoms with Crippen molar-refractivity contribution in [2.45, 2.75) is 59.0 Å². The van der Waals surface area contributed by atoms with Gasteiger partial charge in [-0.15, -0.1) is 0 Å². The summed E-state index contributed by atoms with van der Waals surface area (Å²) < 4.78 is 10.6. The number of hydrogen-bond acceptors (Lipinski definition) is 7. The van der Waals surface area contributed by atoms with E-state index in [0.29, 0.717) is 28.3 Å². The Hall–Kier alpha value is -3.49. The molecular weight excluding hydrogens is 584 g/mol. The number of nitrogens with two attached hydrogens (primary N) is 1. The van der Waals surface area contributed by atoms with E-state index in [1.54, 1.807) is 12.1 Å². The molecule has 0 aliphatic heterocycles. The van der Waals surface area contributed by atoms with Gasteiger partial charge in [-0.05, 0) is 53.5 Å². The summed E-state index contributed by atoms with van der Waals surface area (Å²) in [4.78, 5) is 37.1. The van der Waals surface area contributed by atoms with Crippen LogP contribution in [0, 0.1) is 0 Å². The number of esters is 2. The number of anilines is 1. The summed E-state index contributed by atoms with van der Waals surface area (Å²) in [6, 6.07) is 22.6. The average molecular weight is 626 g/mol. The number of nitrogens with zero attached hydrogens (tertiary/aromatic N) is 1. The van der Waals surface area contributed by atoms with Gasteiger partial charge in [0.15, 0.2) is 5.78 Å². The van der Waals surface area contributed by atoms with Gasteiger partial charge in [0.2, 0.25) is 0 Å². The van der Waals surface area contributed by atoms with Crippen molar-refractivity contribution in [1.82, 2.24) is 4.90 Å². The van der Waals surface area contributed by atoms with Gasteiger partial charge in [-0.2, -0.15) is 0 Å². The Balaban J connectivity index is 0.000000330. The minimum Gasteiger partial charge on any atom is -0.462 e. The number of carbonyl (C=O) groups is 3. The van der Waals surface area contributed by atoms with E-state index in [-0.39, 0.29) is 26.4 Å². The van der Waals surface area contributed by atoms with E-state index in [0.717, 1.165) is 16.7 Å². The Morgan fingerprint density at radius 1 is 0.854 bits per heavy atom. The van der Waals surface area contributed by atoms with Crippen LogP contribution >= 0.6 is 15.9 Å². The zero-order chi connectivity index (χ0) is 28.9. The zero-order valence-electron chi connectivity index (χ0n) is 23.1. The summed E-state index contributed by atoms with van der Waals surface area (Å²) in [5, 5.41) is 0. The maximum atomic E-state index is 12.3. The van der Waals surface area contributed by atoms with Crippen LogP contribution < -0.4 is 5.73 Å². The van der Waals surface area contributed by atoms with E-state index in [4.69, 9.17) is 15.2 Å². The first-order valence-corrected chi connectivity index (χ1v) is 14.3. The lowest BCUT2D eigenvalue weighted by atomic mass is 9.94. The van der Waals surface area contributed by atoms with Gasteiger partial charge in [0, 0.05) is 35.1 Å². The molecule has 3 aromatic rings. The Morgan fingerprint density at radius 2 is 1.39 bits per heavy atom. The highest BCUT2D eigenvalue weighted by atomic mass is 79.9. The fraction of sp³-hybridized carbons (Fsp3) is 0.364. The molecule has 3 aromatic carbocycles. The van der Waals surface area contributed by atoms with Crippen LogP contribution in [0.5, 0.6) is 0 Å². The van der Waals surface area contributed by atoms with Crippen LogP contribution in [-0.4, -0.2) is 48.9 Å². The number of nitrogen functional groups attached to an aromatic ring is 1. The van der Waals surface area contributed by atoms with Crippen molar-refractivity contribution < 1.29 is 23.9 Å². The Bertz CT molecular complexity index is 1220. The summed E-state index contributed by atoms with van der Waals surface area (Å²) in [5.74, 6) is -0.782. The first-order chi connectivity index (χ1) is 19.3. The van der Waals surface area contributed by atoms with Gasteiger partial charge < -0.3 is 15.2 Å². The summed E-state index contributed by atoms with van der Waals surface area (Å²) >= 11 is 3.43. The number of carbonyl (C=O) groups excluding carboxylic acids is 3. The van der Waals surface area contributed by atoms with Crippen LogP contribution in [0.1, 0.15) is 78.3 Å². The molecule has 1 saturated carbocycles. The van der Waals surface area contributed by atoms with Crippen molar-refractivity contribution in [1.29, 1.82) is 0 Å². The lowest BCUT2D eigenvalue weighted by molar-refractivity contribution is -0.142. The molecule has 0 saturated heterocycles. The highest BCUT2D eigenvalue weighted by Gasteiger charge is 2.20. The number of ketones is 1. The standard InChI is InChI=1S/C19H27BrN2O4.C13H10O.CH4/c1-13(23)25-8-9-26-19(24)14-10-15(18(21)17(20)11-14)12-22(2)16-6-4-3-5-7-16;14-13(11-7-3-1-4-8-11)12-9-5-2-6-10-12;/h10-11,16H,3-9,12,21H2,1-2H3;1-10H;1H4. The second-order valence-electron chi connectivity index (χ2n) is 9.77. The van der Waals surface area contributed by atoms with Gasteiger partial charge in [0.25, 0.3) is 0 Å². The topological polar surface area (TPSA) is 98.9 Å². The first-order valence-electron chi connectivity index (χ1n) is 13.5. The van der Waals surface area contributed by atoms with Crippen molar-refractivity contribution in [2.24, 2.45) is 0 Å². The third kappa shape index (κ3) is 10.8. The SMILES string of the molecule is C.CC(=O)OCCOC(=O)c1cc(Br)c(N)c(CN(C)C2CCCCC2)c1.O=C(c1ccccc1)c1ccccc1. The highest BCUT2D eigenvalue weighted by molar-refractivity contribution is 9.10. The second-order valence-corrected chi connectivity index (χ2v) is 10.6. The maximum absolute atomic E-state index is 12.3. The van der Waals surface area contributed by atoms with E-state index < -0.39 is 11.9 Å². The third-order valence-corrected chi connectivity index (χ3v) is 7.42. The van der Waals surface area contributed by atoms with E-state index in [2.05, 4.69) is 27.9 Å². The molecule has 1 aliphatic carbocycles. The zero-order valence-corrected chi connectivity index (χ0v) is 24.7. The van der Waals surface area contributed by atoms with E-state index in [1.165, 1.54) is 39.0 Å². The fourth-order valence-electron chi connectivity index (χ4n) is 4.59. The monoisotopic (exact) mass is 624 g/mol. The first kappa shape index (κ1) is 33.7. The number of ether oxygens (including phenoxy) is 2. The number of rotatable bonds is 9. The minimum atomic E-state index is -0.459. The average Bonchev–Trinajstić information content (AvgIpc) is 2.98. The van der Waals surface area contributed by atoms with Crippen molar-refractivity contribution in [3.63, 3.8) is 0 Å². The lowest BCUT2D eigenvalue weighted by Gasteiger charge is -2.31. The number of benzene rings is 3. The van der Waals surface area contributed by atoms with Crippen molar-refractivity contribution >= 4 is 39.3 Å². The number of hydrogen-bond donors (Lipinski definition) is 1. The molecule has 0 unspecified atom stereocenters. The smallest absolute Gasteiger partial charge is 0.338 e. The molecule has 8 heteroatoms. The molecule has 1 aliphatic rings. The highest BCUT2D eigenvalue weighted by Crippen LogP contribution is 2.29. The van der Waals surface area contributed by atoms with Crippen molar-refractivity contribution in [2.75, 3.05) is 26.0 Å². The molecule has 0 atom stereocenters. The fourth-order valence-corrected chi connectivity index (χ4v) is 5.09. The van der Waals surface area contributed by atoms with Gasteiger partial charge in [-0.3, -0.25) is 14.5 Å². The van der Waals surface area contributed by atoms with Gasteiger partial charge >= 0.3 is 11.9 Å². The molecule has 220 valence electrons. The predicted molar refractivity (Wildman–Crippen MR) is 167 cm³/mol. The molecule has 0 radical (unpaired) electrons. The molecule has 0 heterocycles. The van der Waals surface area contributed by atoms with Crippen LogP contribution in [0.25, 0.3) is 0 Å². The van der Waals surface area contributed by atoms with Crippen LogP contribution in [0.4, 0.5) is 5.69 Å². The van der Waals surface area contributed by atoms with Crippen LogP contribution in [0.15, 0.2) is 77.3 Å². The molecule has 0 amide bonds. The van der Waals surface area contributed by atoms with E-state index >= 15 is 0 Å². The molecule has 1 fully saturated rings. The van der Waals surface area contributed by atoms with Crippen molar-refractivity contribution in [3.05, 3.63) is 99.5 Å². The Labute approximate surface area is 252 Å². The summed E-state index contributed by atoms with van der Waals surface area (Å²) in [6.07, 6.45) is 6.25. The van der Waals surface area contributed by atoms with E-state index in [9.17, 15) is 14.4 Å². The molecule has 4 rings (SSSR count). The largest absolute Gasteiger partial charge is 0.462 e. The molecule has 7 nitrogen and oxygen atoms in total. The quantitative estimate of drug-likeness (QED) is 0.118. The predicted octanol–water partition coefficient (Wildman–Crippen LogP) is 7.07. The normalized spacial score (nSPS) is 12.9. The lowest BCUT2D eigenvalue weighted by Crippen LogP contribution is -2.33. The molecule has 0 aromatic heterocycles. The van der Waals surface area contributed by atoms with E-state index in [1.807, 2.05) is 60.7 Å². The van der Waals surface area contributed by atoms with Gasteiger partial charge in [-0.1, -0.05) is 87.4 Å². The molecule has 0 bridgehead atoms. The third-order valence-electron chi connectivity index (χ3n) is 6.76. The van der Waals surface area contributed by atoms with Gasteiger partial charge in [-0.25, -0.2) is 4.79 Å². The van der Waals surface area contributed by atoms with Gasteiger partial charge in [0.1, 0.15) is 13.2 Å². The summed E-state index contributed by atoms with van der Waals surface area (Å²) in [5.41, 5.74) is 9.65. The second kappa shape index (κ2) is 17.4. The van der Waals surface area contributed by atoms with Gasteiger partial charge in [0.05, 0.1) is 11.3 Å². The maximum Gasteiger partial charge on any atom is 0.338 e. The van der Waals surface area contributed by atoms with Crippen LogP contribution in [-0.2, 0) is 20.8 Å². The van der Waals surface area contributed by atoms with Crippen molar-refractivity contribution in [3.8, 4) is 0 Å². The number of halogens is 1. The molecule has 0 spiro atoms. The van der Waals surface area contributed by atoms with Crippen LogP contribution in [0.3, 0.4) is 0 Å². The minimum absolute atomic E-state index is 0. The van der Waals surface area contributed by atoms with Crippen LogP contribution in [0.2, 0.25) is 0 Å². The molecule has 2 N–H and O–H groups in total. The molecular formula is C33H41BrN2O5. The molecule has 41 heavy (non-hydrogen) atoms. The Morgan fingerprint density at radius 3 is 1.93 bits per heavy atom. The Kier molecular flexibility index (Phi) is 14.3. The summed E-state index contributed by atoms with van der Waals surface area (Å²) in [7, 11) is 2.10.